The lowest BCUT2D eigenvalue weighted by Crippen LogP contribution is -2.14. The van der Waals surface area contributed by atoms with E-state index in [0.29, 0.717) is 0 Å². The normalized spacial score (nSPS) is 13.2. The van der Waals surface area contributed by atoms with Crippen LogP contribution >= 0.6 is 31.9 Å². The minimum absolute atomic E-state index is 0.112. The molecule has 0 N–H and O–H groups in total. The Morgan fingerprint density at radius 3 is 2.56 bits per heavy atom. The molecule has 86 valence electrons. The summed E-state index contributed by atoms with van der Waals surface area (Å²) in [6.45, 7) is 0. The van der Waals surface area contributed by atoms with E-state index in [-0.39, 0.29) is 15.5 Å². The molecule has 7 heteroatoms. The fourth-order valence-corrected chi connectivity index (χ4v) is 1.91. The molecular formula is C9H5Br2F3N2. The van der Waals surface area contributed by atoms with E-state index in [9.17, 15) is 13.2 Å². The van der Waals surface area contributed by atoms with Crippen LogP contribution in [0.1, 0.15) is 17.2 Å². The molecule has 1 unspecified atom stereocenters. The minimum atomic E-state index is -4.51. The van der Waals surface area contributed by atoms with Gasteiger partial charge in [-0.05, 0) is 22.0 Å². The first-order valence-electron chi connectivity index (χ1n) is 4.08. The number of aromatic nitrogens is 1. The van der Waals surface area contributed by atoms with Crippen LogP contribution in [0.2, 0.25) is 0 Å². The van der Waals surface area contributed by atoms with Gasteiger partial charge in [0.1, 0.15) is 0 Å². The maximum absolute atomic E-state index is 12.7. The standard InChI is InChI=1S/C9H5Br2F3N2/c10-2-5(3-15)8-7(9(12,13)14)1-6(11)4-16-8/h1,4-5H,2H2. The first-order chi connectivity index (χ1) is 7.40. The Balaban J connectivity index is 3.35. The Bertz CT molecular complexity index is 426. The molecule has 0 aliphatic rings. The molecule has 0 amide bonds. The van der Waals surface area contributed by atoms with Crippen molar-refractivity contribution in [2.75, 3.05) is 5.33 Å². The molecule has 16 heavy (non-hydrogen) atoms. The average Bonchev–Trinajstić information content (AvgIpc) is 2.20. The van der Waals surface area contributed by atoms with Gasteiger partial charge < -0.3 is 0 Å². The molecule has 1 aromatic rings. The van der Waals surface area contributed by atoms with Crippen molar-refractivity contribution in [1.29, 1.82) is 5.26 Å². The number of nitrogens with zero attached hydrogens (tertiary/aromatic N) is 2. The Morgan fingerprint density at radius 2 is 2.12 bits per heavy atom. The van der Waals surface area contributed by atoms with Crippen molar-refractivity contribution in [2.45, 2.75) is 12.1 Å². The van der Waals surface area contributed by atoms with Crippen molar-refractivity contribution in [3.63, 3.8) is 0 Å². The van der Waals surface area contributed by atoms with Gasteiger partial charge >= 0.3 is 6.18 Å². The number of halogens is 5. The molecule has 0 fully saturated rings. The molecule has 1 atom stereocenters. The Morgan fingerprint density at radius 1 is 1.50 bits per heavy atom. The second-order valence-electron chi connectivity index (χ2n) is 2.92. The van der Waals surface area contributed by atoms with E-state index in [1.807, 2.05) is 0 Å². The van der Waals surface area contributed by atoms with Crippen molar-refractivity contribution in [3.8, 4) is 6.07 Å². The van der Waals surface area contributed by atoms with E-state index >= 15 is 0 Å². The molecule has 1 heterocycles. The zero-order chi connectivity index (χ0) is 12.3. The van der Waals surface area contributed by atoms with Crippen LogP contribution in [-0.2, 0) is 6.18 Å². The van der Waals surface area contributed by atoms with Crippen LogP contribution in [0.4, 0.5) is 13.2 Å². The van der Waals surface area contributed by atoms with E-state index in [4.69, 9.17) is 5.26 Å². The Kier molecular flexibility index (Phi) is 4.33. The highest BCUT2D eigenvalue weighted by molar-refractivity contribution is 9.10. The zero-order valence-corrected chi connectivity index (χ0v) is 10.9. The number of pyridine rings is 1. The van der Waals surface area contributed by atoms with E-state index in [0.717, 1.165) is 6.07 Å². The summed E-state index contributed by atoms with van der Waals surface area (Å²) in [5.74, 6) is -0.912. The Labute approximate surface area is 107 Å². The number of hydrogen-bond acceptors (Lipinski definition) is 2. The van der Waals surface area contributed by atoms with Crippen LogP contribution < -0.4 is 0 Å². The van der Waals surface area contributed by atoms with Gasteiger partial charge in [0.25, 0.3) is 0 Å². The molecule has 0 radical (unpaired) electrons. The smallest absolute Gasteiger partial charge is 0.258 e. The fraction of sp³-hybridized carbons (Fsp3) is 0.333. The number of alkyl halides is 4. The third-order valence-electron chi connectivity index (χ3n) is 1.83. The molecular weight excluding hydrogens is 353 g/mol. The summed E-state index contributed by atoms with van der Waals surface area (Å²) in [5, 5.41) is 8.85. The first-order valence-corrected chi connectivity index (χ1v) is 5.99. The molecule has 0 bridgehead atoms. The minimum Gasteiger partial charge on any atom is -0.258 e. The highest BCUT2D eigenvalue weighted by atomic mass is 79.9. The molecule has 2 nitrogen and oxygen atoms in total. The molecule has 0 aliphatic carbocycles. The molecule has 1 rings (SSSR count). The summed E-state index contributed by atoms with van der Waals surface area (Å²) in [7, 11) is 0. The predicted molar refractivity (Wildman–Crippen MR) is 59.1 cm³/mol. The summed E-state index contributed by atoms with van der Waals surface area (Å²) in [5.41, 5.74) is -1.14. The third kappa shape index (κ3) is 2.95. The Hall–Kier alpha value is -0.610. The second kappa shape index (κ2) is 5.15. The highest BCUT2D eigenvalue weighted by Gasteiger charge is 2.36. The third-order valence-corrected chi connectivity index (χ3v) is 2.91. The fourth-order valence-electron chi connectivity index (χ4n) is 1.12. The summed E-state index contributed by atoms with van der Waals surface area (Å²) < 4.78 is 38.3. The van der Waals surface area contributed by atoms with E-state index < -0.39 is 17.7 Å². The lowest BCUT2D eigenvalue weighted by molar-refractivity contribution is -0.138. The van der Waals surface area contributed by atoms with Crippen LogP contribution in [0, 0.1) is 11.3 Å². The molecule has 0 aliphatic heterocycles. The lowest BCUT2D eigenvalue weighted by Gasteiger charge is -2.14. The number of rotatable bonds is 2. The van der Waals surface area contributed by atoms with Crippen LogP contribution in [-0.4, -0.2) is 10.3 Å². The molecule has 0 saturated heterocycles. The summed E-state index contributed by atoms with van der Waals surface area (Å²) in [4.78, 5) is 3.67. The van der Waals surface area contributed by atoms with Gasteiger partial charge in [-0.2, -0.15) is 18.4 Å². The number of nitriles is 1. The van der Waals surface area contributed by atoms with Crippen LogP contribution in [0.3, 0.4) is 0 Å². The van der Waals surface area contributed by atoms with Crippen molar-refractivity contribution >= 4 is 31.9 Å². The van der Waals surface area contributed by atoms with Crippen molar-refractivity contribution in [1.82, 2.24) is 4.98 Å². The van der Waals surface area contributed by atoms with Crippen molar-refractivity contribution in [3.05, 3.63) is 28.0 Å². The van der Waals surface area contributed by atoms with Gasteiger partial charge in [-0.1, -0.05) is 15.9 Å². The largest absolute Gasteiger partial charge is 0.418 e. The summed E-state index contributed by atoms with van der Waals surface area (Å²) in [6, 6.07) is 2.70. The zero-order valence-electron chi connectivity index (χ0n) is 7.72. The van der Waals surface area contributed by atoms with Crippen LogP contribution in [0.5, 0.6) is 0 Å². The van der Waals surface area contributed by atoms with Gasteiger partial charge in [0.05, 0.1) is 23.2 Å². The maximum Gasteiger partial charge on any atom is 0.418 e. The number of hydrogen-bond donors (Lipinski definition) is 0. The van der Waals surface area contributed by atoms with E-state index in [1.165, 1.54) is 6.20 Å². The maximum atomic E-state index is 12.7. The molecule has 0 aromatic carbocycles. The average molecular weight is 358 g/mol. The van der Waals surface area contributed by atoms with E-state index in [1.54, 1.807) is 6.07 Å². The van der Waals surface area contributed by atoms with Gasteiger partial charge in [0, 0.05) is 16.0 Å². The summed E-state index contributed by atoms with van der Waals surface area (Å²) >= 11 is 5.92. The van der Waals surface area contributed by atoms with Gasteiger partial charge in [-0.3, -0.25) is 4.98 Å². The topological polar surface area (TPSA) is 36.7 Å². The predicted octanol–water partition coefficient (Wildman–Crippen LogP) is 3.86. The van der Waals surface area contributed by atoms with E-state index in [2.05, 4.69) is 36.8 Å². The van der Waals surface area contributed by atoms with Gasteiger partial charge in [-0.15, -0.1) is 0 Å². The molecule has 1 aromatic heterocycles. The van der Waals surface area contributed by atoms with Gasteiger partial charge in [0.15, 0.2) is 0 Å². The highest BCUT2D eigenvalue weighted by Crippen LogP contribution is 2.35. The SMILES string of the molecule is N#CC(CBr)c1ncc(Br)cc1C(F)(F)F. The van der Waals surface area contributed by atoms with Crippen LogP contribution in [0.15, 0.2) is 16.7 Å². The quantitative estimate of drug-likeness (QED) is 0.753. The van der Waals surface area contributed by atoms with Crippen LogP contribution in [0.25, 0.3) is 0 Å². The second-order valence-corrected chi connectivity index (χ2v) is 4.48. The summed E-state index contributed by atoms with van der Waals surface area (Å²) in [6.07, 6.45) is -3.26. The molecule has 0 saturated carbocycles. The van der Waals surface area contributed by atoms with Gasteiger partial charge in [-0.25, -0.2) is 0 Å². The monoisotopic (exact) mass is 356 g/mol. The lowest BCUT2D eigenvalue weighted by atomic mass is 10.0. The first kappa shape index (κ1) is 13.5. The van der Waals surface area contributed by atoms with Crippen molar-refractivity contribution < 1.29 is 13.2 Å². The molecule has 0 spiro atoms. The van der Waals surface area contributed by atoms with Gasteiger partial charge in [0.2, 0.25) is 0 Å². The van der Waals surface area contributed by atoms with Crippen molar-refractivity contribution in [2.24, 2.45) is 0 Å².